The van der Waals surface area contributed by atoms with Gasteiger partial charge in [-0.05, 0) is 31.0 Å². The van der Waals surface area contributed by atoms with Crippen molar-refractivity contribution in [2.75, 3.05) is 10.6 Å². The van der Waals surface area contributed by atoms with Gasteiger partial charge in [0, 0.05) is 17.3 Å². The largest absolute Gasteiger partial charge is 0.382 e. The van der Waals surface area contributed by atoms with Gasteiger partial charge in [-0.25, -0.2) is 0 Å². The van der Waals surface area contributed by atoms with Crippen molar-refractivity contribution in [2.45, 2.75) is 23.8 Å². The molecule has 0 heterocycles. The lowest BCUT2D eigenvalue weighted by atomic mass is 10.1. The first kappa shape index (κ1) is 15.6. The molecule has 0 saturated heterocycles. The highest BCUT2D eigenvalue weighted by atomic mass is 79.9. The third-order valence-corrected chi connectivity index (χ3v) is 4.38. The van der Waals surface area contributed by atoms with E-state index in [-0.39, 0.29) is 23.1 Å². The van der Waals surface area contributed by atoms with Crippen LogP contribution >= 0.6 is 26.2 Å². The van der Waals surface area contributed by atoms with E-state index in [9.17, 15) is 24.2 Å². The fourth-order valence-electron chi connectivity index (χ4n) is 1.61. The minimum absolute atomic E-state index is 0.0179. The fourth-order valence-corrected chi connectivity index (χ4v) is 2.63. The normalized spacial score (nSPS) is 19.1. The fraction of sp³-hybridized carbons (Fsp3) is 0.364. The Morgan fingerprint density at radius 2 is 1.80 bits per heavy atom. The number of nitrogens with one attached hydrogen (secondary N) is 1. The summed E-state index contributed by atoms with van der Waals surface area (Å²) >= 11 is 2.81. The van der Waals surface area contributed by atoms with E-state index in [0.29, 0.717) is 6.07 Å². The topological polar surface area (TPSA) is 29.1 Å². The Hall–Kier alpha value is -0.830. The SMILES string of the molecule is O=C(CBr)c1cc(NC2CC2)cc(S(F)(F)(F)(F)F)c1. The lowest BCUT2D eigenvalue weighted by Crippen LogP contribution is -2.11. The van der Waals surface area contributed by atoms with Crippen molar-refractivity contribution in [2.24, 2.45) is 0 Å². The van der Waals surface area contributed by atoms with Gasteiger partial charge in [0.15, 0.2) is 5.78 Å². The molecule has 0 aromatic heterocycles. The van der Waals surface area contributed by atoms with Gasteiger partial charge in [0.05, 0.1) is 5.33 Å². The van der Waals surface area contributed by atoms with Gasteiger partial charge < -0.3 is 5.32 Å². The van der Waals surface area contributed by atoms with Crippen LogP contribution in [0, 0.1) is 0 Å². The van der Waals surface area contributed by atoms with Crippen molar-refractivity contribution in [3.05, 3.63) is 23.8 Å². The number of alkyl halides is 1. The Morgan fingerprint density at radius 3 is 2.25 bits per heavy atom. The standard InChI is InChI=1S/C11H11BrF5NOS/c12-6-11(19)7-3-9(18-8-1-2-8)5-10(4-7)20(13,14,15,16)17/h3-5,8,18H,1-2,6H2. The first-order valence-corrected chi connectivity index (χ1v) is 8.71. The van der Waals surface area contributed by atoms with Crippen LogP contribution in [-0.4, -0.2) is 17.2 Å². The molecule has 1 N–H and O–H groups in total. The minimum atomic E-state index is -9.80. The van der Waals surface area contributed by atoms with E-state index in [2.05, 4.69) is 21.2 Å². The summed E-state index contributed by atoms with van der Waals surface area (Å²) in [6.07, 6.45) is 1.53. The van der Waals surface area contributed by atoms with Crippen molar-refractivity contribution in [3.8, 4) is 0 Å². The summed E-state index contributed by atoms with van der Waals surface area (Å²) in [5, 5.41) is 2.46. The number of rotatable bonds is 5. The summed E-state index contributed by atoms with van der Waals surface area (Å²) in [5.41, 5.74) is -0.502. The Morgan fingerprint density at radius 1 is 1.20 bits per heavy atom. The summed E-state index contributed by atoms with van der Waals surface area (Å²) < 4.78 is 64.4. The van der Waals surface area contributed by atoms with E-state index in [4.69, 9.17) is 0 Å². The zero-order valence-corrected chi connectivity index (χ0v) is 12.4. The van der Waals surface area contributed by atoms with E-state index >= 15 is 0 Å². The van der Waals surface area contributed by atoms with E-state index in [0.717, 1.165) is 18.9 Å². The number of hydrogen-bond donors (Lipinski definition) is 1. The molecule has 1 fully saturated rings. The second kappa shape index (κ2) is 4.09. The van der Waals surface area contributed by atoms with Crippen molar-refractivity contribution < 1.29 is 24.2 Å². The van der Waals surface area contributed by atoms with Crippen LogP contribution in [0.25, 0.3) is 0 Å². The maximum Gasteiger partial charge on any atom is 0.310 e. The maximum atomic E-state index is 12.9. The molecule has 0 atom stereocenters. The number of halogens is 6. The van der Waals surface area contributed by atoms with E-state index in [1.807, 2.05) is 0 Å². The Balaban J connectivity index is 2.53. The van der Waals surface area contributed by atoms with E-state index in [1.54, 1.807) is 0 Å². The van der Waals surface area contributed by atoms with Gasteiger partial charge in [-0.15, -0.1) is 0 Å². The molecule has 0 spiro atoms. The molecule has 0 unspecified atom stereocenters. The predicted molar refractivity (Wildman–Crippen MR) is 72.6 cm³/mol. The summed E-state index contributed by atoms with van der Waals surface area (Å²) in [4.78, 5) is 9.44. The minimum Gasteiger partial charge on any atom is -0.382 e. The number of Topliss-reactive ketones (excluding diaryl/α,β-unsaturated/α-hetero) is 1. The smallest absolute Gasteiger partial charge is 0.310 e. The number of carbonyl (C=O) groups excluding carboxylic acids is 1. The van der Waals surface area contributed by atoms with Crippen LogP contribution < -0.4 is 5.32 Å². The quantitative estimate of drug-likeness (QED) is 0.416. The highest BCUT2D eigenvalue weighted by molar-refractivity contribution is 9.09. The molecule has 9 heteroatoms. The first-order chi connectivity index (χ1) is 8.89. The second-order valence-electron chi connectivity index (χ2n) is 4.69. The molecule has 1 aromatic carbocycles. The molecule has 0 aliphatic heterocycles. The molecule has 0 radical (unpaired) electrons. The molecular weight excluding hydrogens is 369 g/mol. The predicted octanol–water partition coefficient (Wildman–Crippen LogP) is 5.50. The molecule has 1 saturated carbocycles. The Bertz CT molecular complexity index is 570. The van der Waals surface area contributed by atoms with Gasteiger partial charge in [0.2, 0.25) is 0 Å². The van der Waals surface area contributed by atoms with Crippen LogP contribution in [-0.2, 0) is 0 Å². The molecule has 1 aliphatic rings. The van der Waals surface area contributed by atoms with Gasteiger partial charge in [-0.2, -0.15) is 0 Å². The second-order valence-corrected chi connectivity index (χ2v) is 7.66. The molecule has 0 amide bonds. The van der Waals surface area contributed by atoms with Crippen LogP contribution in [0.4, 0.5) is 25.1 Å². The number of carbonyl (C=O) groups is 1. The third kappa shape index (κ3) is 3.85. The number of hydrogen-bond acceptors (Lipinski definition) is 2. The summed E-state index contributed by atoms with van der Waals surface area (Å²) in [6.45, 7) is 0. The average molecular weight is 380 g/mol. The molecule has 2 nitrogen and oxygen atoms in total. The molecule has 0 bridgehead atoms. The van der Waals surface area contributed by atoms with E-state index < -0.39 is 26.5 Å². The zero-order chi connectivity index (χ0) is 15.2. The number of benzene rings is 1. The van der Waals surface area contributed by atoms with Crippen molar-refractivity contribution in [1.29, 1.82) is 0 Å². The Kier molecular flexibility index (Phi) is 3.18. The summed E-state index contributed by atoms with van der Waals surface area (Å²) in [5.74, 6) is -0.687. The molecule has 1 aliphatic carbocycles. The van der Waals surface area contributed by atoms with Crippen LogP contribution in [0.5, 0.6) is 0 Å². The molecule has 20 heavy (non-hydrogen) atoms. The maximum absolute atomic E-state index is 12.9. The molecular formula is C11H11BrF5NOS. The number of anilines is 1. The van der Waals surface area contributed by atoms with E-state index in [1.165, 1.54) is 0 Å². The van der Waals surface area contributed by atoms with Gasteiger partial charge in [-0.1, -0.05) is 35.4 Å². The van der Waals surface area contributed by atoms with Crippen molar-refractivity contribution in [1.82, 2.24) is 0 Å². The van der Waals surface area contributed by atoms with Gasteiger partial charge in [-0.3, -0.25) is 4.79 Å². The van der Waals surface area contributed by atoms with Gasteiger partial charge >= 0.3 is 10.2 Å². The molecule has 1 aromatic rings. The van der Waals surface area contributed by atoms with Crippen molar-refractivity contribution in [3.63, 3.8) is 0 Å². The van der Waals surface area contributed by atoms with Crippen LogP contribution in [0.3, 0.4) is 0 Å². The molecule has 2 rings (SSSR count). The highest BCUT2D eigenvalue weighted by Crippen LogP contribution is 3.02. The van der Waals surface area contributed by atoms with Crippen LogP contribution in [0.2, 0.25) is 0 Å². The Labute approximate surface area is 120 Å². The van der Waals surface area contributed by atoms with Crippen LogP contribution in [0.1, 0.15) is 23.2 Å². The van der Waals surface area contributed by atoms with Gasteiger partial charge in [0.25, 0.3) is 0 Å². The van der Waals surface area contributed by atoms with Crippen molar-refractivity contribution >= 4 is 37.6 Å². The first-order valence-electron chi connectivity index (χ1n) is 5.64. The monoisotopic (exact) mass is 379 g/mol. The highest BCUT2D eigenvalue weighted by Gasteiger charge is 2.65. The van der Waals surface area contributed by atoms with Crippen LogP contribution in [0.15, 0.2) is 23.1 Å². The average Bonchev–Trinajstić information content (AvgIpc) is 3.08. The summed E-state index contributed by atoms with van der Waals surface area (Å²) in [6, 6.07) is 1.72. The number of ketones is 1. The summed E-state index contributed by atoms with van der Waals surface area (Å²) in [7, 11) is -9.80. The lowest BCUT2D eigenvalue weighted by Gasteiger charge is -2.40. The zero-order valence-electron chi connectivity index (χ0n) is 10.0. The van der Waals surface area contributed by atoms with Gasteiger partial charge in [0.1, 0.15) is 4.90 Å². The lowest BCUT2D eigenvalue weighted by molar-refractivity contribution is 0.102. The molecule has 114 valence electrons. The third-order valence-electron chi connectivity index (χ3n) is 2.74.